The monoisotopic (exact) mass is 275 g/mol. The fourth-order valence-corrected chi connectivity index (χ4v) is 3.58. The summed E-state index contributed by atoms with van der Waals surface area (Å²) in [6.07, 6.45) is 8.21. The van der Waals surface area contributed by atoms with Gasteiger partial charge in [0, 0.05) is 12.6 Å². The van der Waals surface area contributed by atoms with Crippen molar-refractivity contribution < 1.29 is 5.11 Å². The zero-order chi connectivity index (χ0) is 14.5. The predicted octanol–water partition coefficient (Wildman–Crippen LogP) is 4.46. The fraction of sp³-hybridized carbons (Fsp3) is 0.667. The van der Waals surface area contributed by atoms with Crippen molar-refractivity contribution in [2.45, 2.75) is 71.9 Å². The van der Waals surface area contributed by atoms with Crippen molar-refractivity contribution in [3.05, 3.63) is 28.8 Å². The Morgan fingerprint density at radius 3 is 2.30 bits per heavy atom. The summed E-state index contributed by atoms with van der Waals surface area (Å²) in [6, 6.07) is 4.84. The summed E-state index contributed by atoms with van der Waals surface area (Å²) < 4.78 is 0. The molecule has 0 aliphatic heterocycles. The number of rotatable bonds is 5. The average molecular weight is 275 g/mol. The third-order valence-corrected chi connectivity index (χ3v) is 4.78. The predicted molar refractivity (Wildman–Crippen MR) is 85.1 cm³/mol. The molecule has 0 radical (unpaired) electrons. The van der Waals surface area contributed by atoms with Crippen LogP contribution in [0.15, 0.2) is 12.1 Å². The van der Waals surface area contributed by atoms with Crippen LogP contribution < -0.4 is 5.32 Å². The first-order valence-corrected chi connectivity index (χ1v) is 8.14. The minimum Gasteiger partial charge on any atom is -0.507 e. The molecule has 1 aromatic rings. The van der Waals surface area contributed by atoms with Crippen LogP contribution in [0.3, 0.4) is 0 Å². The van der Waals surface area contributed by atoms with E-state index in [1.165, 1.54) is 44.1 Å². The summed E-state index contributed by atoms with van der Waals surface area (Å²) in [4.78, 5) is 0. The smallest absolute Gasteiger partial charge is 0.121 e. The molecule has 1 unspecified atom stereocenters. The van der Waals surface area contributed by atoms with Crippen LogP contribution in [0.25, 0.3) is 0 Å². The van der Waals surface area contributed by atoms with Gasteiger partial charge in [-0.3, -0.25) is 0 Å². The van der Waals surface area contributed by atoms with Gasteiger partial charge in [0.15, 0.2) is 0 Å². The minimum absolute atomic E-state index is 0.438. The summed E-state index contributed by atoms with van der Waals surface area (Å²) >= 11 is 0. The number of aromatic hydroxyl groups is 1. The van der Waals surface area contributed by atoms with Crippen molar-refractivity contribution in [2.75, 3.05) is 0 Å². The molecule has 1 aromatic carbocycles. The van der Waals surface area contributed by atoms with Crippen molar-refractivity contribution in [1.82, 2.24) is 5.32 Å². The molecule has 0 bridgehead atoms. The lowest BCUT2D eigenvalue weighted by Crippen LogP contribution is -2.36. The molecule has 1 atom stereocenters. The van der Waals surface area contributed by atoms with E-state index in [1.807, 2.05) is 13.8 Å². The van der Waals surface area contributed by atoms with Gasteiger partial charge >= 0.3 is 0 Å². The highest BCUT2D eigenvalue weighted by atomic mass is 16.3. The molecule has 2 nitrogen and oxygen atoms in total. The Labute approximate surface area is 123 Å². The van der Waals surface area contributed by atoms with Crippen LogP contribution in [0.5, 0.6) is 5.75 Å². The Morgan fingerprint density at radius 2 is 1.75 bits per heavy atom. The molecule has 0 heterocycles. The van der Waals surface area contributed by atoms with Gasteiger partial charge in [-0.05, 0) is 55.7 Å². The number of hydrogen-bond acceptors (Lipinski definition) is 2. The number of phenolic OH excluding ortho intramolecular Hbond substituents is 1. The van der Waals surface area contributed by atoms with Crippen LogP contribution in [0, 0.1) is 19.8 Å². The molecule has 0 saturated heterocycles. The number of aryl methyl sites for hydroxylation is 2. The van der Waals surface area contributed by atoms with E-state index in [9.17, 15) is 5.11 Å². The van der Waals surface area contributed by atoms with Gasteiger partial charge in [-0.2, -0.15) is 0 Å². The first-order chi connectivity index (χ1) is 9.61. The second-order valence-corrected chi connectivity index (χ2v) is 6.37. The van der Waals surface area contributed by atoms with Crippen LogP contribution in [0.1, 0.15) is 62.1 Å². The Morgan fingerprint density at radius 1 is 1.15 bits per heavy atom. The number of hydrogen-bond donors (Lipinski definition) is 2. The van der Waals surface area contributed by atoms with Crippen LogP contribution in [-0.2, 0) is 6.54 Å². The van der Waals surface area contributed by atoms with Gasteiger partial charge in [0.1, 0.15) is 5.75 Å². The number of phenols is 1. The Bertz CT molecular complexity index is 412. The maximum atomic E-state index is 9.84. The van der Waals surface area contributed by atoms with Gasteiger partial charge < -0.3 is 10.4 Å². The highest BCUT2D eigenvalue weighted by Gasteiger charge is 2.21. The summed E-state index contributed by atoms with van der Waals surface area (Å²) in [5.41, 5.74) is 3.24. The fourth-order valence-electron chi connectivity index (χ4n) is 3.58. The molecule has 1 fully saturated rings. The molecular formula is C18H29NO. The molecule has 2 rings (SSSR count). The normalized spacial score (nSPS) is 18.1. The molecular weight excluding hydrogens is 246 g/mol. The van der Waals surface area contributed by atoms with E-state index in [1.54, 1.807) is 0 Å². The number of nitrogens with one attached hydrogen (secondary N) is 1. The molecule has 0 aromatic heterocycles. The first-order valence-electron chi connectivity index (χ1n) is 8.14. The molecule has 20 heavy (non-hydrogen) atoms. The largest absolute Gasteiger partial charge is 0.507 e. The lowest BCUT2D eigenvalue weighted by Gasteiger charge is -2.30. The molecule has 1 aliphatic carbocycles. The van der Waals surface area contributed by atoms with Crippen LogP contribution in [0.4, 0.5) is 0 Å². The van der Waals surface area contributed by atoms with E-state index in [0.717, 1.165) is 23.6 Å². The second-order valence-electron chi connectivity index (χ2n) is 6.37. The number of benzene rings is 1. The van der Waals surface area contributed by atoms with Crippen molar-refractivity contribution >= 4 is 0 Å². The first kappa shape index (κ1) is 15.4. The standard InChI is InChI=1S/C18H29NO/c1-4-17(16-8-6-5-7-9-16)19-12-15-10-13(2)18(20)14(3)11-15/h10-11,16-17,19-20H,4-9,12H2,1-3H3. The average Bonchev–Trinajstić information content (AvgIpc) is 2.46. The summed E-state index contributed by atoms with van der Waals surface area (Å²) in [6.45, 7) is 7.16. The molecule has 2 heteroatoms. The van der Waals surface area contributed by atoms with Gasteiger partial charge in [0.25, 0.3) is 0 Å². The van der Waals surface area contributed by atoms with Crippen LogP contribution >= 0.6 is 0 Å². The van der Waals surface area contributed by atoms with Gasteiger partial charge in [0.05, 0.1) is 0 Å². The Kier molecular flexibility index (Phi) is 5.47. The quantitative estimate of drug-likeness (QED) is 0.831. The summed E-state index contributed by atoms with van der Waals surface area (Å²) in [5.74, 6) is 1.29. The Balaban J connectivity index is 1.95. The third-order valence-electron chi connectivity index (χ3n) is 4.78. The lowest BCUT2D eigenvalue weighted by atomic mass is 9.83. The van der Waals surface area contributed by atoms with Gasteiger partial charge in [-0.25, -0.2) is 0 Å². The topological polar surface area (TPSA) is 32.3 Å². The van der Waals surface area contributed by atoms with E-state index >= 15 is 0 Å². The van der Waals surface area contributed by atoms with E-state index in [-0.39, 0.29) is 0 Å². The van der Waals surface area contributed by atoms with Crippen molar-refractivity contribution in [3.63, 3.8) is 0 Å². The van der Waals surface area contributed by atoms with Crippen LogP contribution in [0.2, 0.25) is 0 Å². The molecule has 1 aliphatic rings. The van der Waals surface area contributed by atoms with Crippen molar-refractivity contribution in [1.29, 1.82) is 0 Å². The zero-order valence-corrected chi connectivity index (χ0v) is 13.2. The molecule has 0 spiro atoms. The molecule has 112 valence electrons. The SMILES string of the molecule is CCC(NCc1cc(C)c(O)c(C)c1)C1CCCCC1. The molecule has 0 amide bonds. The lowest BCUT2D eigenvalue weighted by molar-refractivity contribution is 0.261. The summed E-state index contributed by atoms with van der Waals surface area (Å²) in [7, 11) is 0. The summed E-state index contributed by atoms with van der Waals surface area (Å²) in [5, 5.41) is 13.6. The van der Waals surface area contributed by atoms with Crippen LogP contribution in [-0.4, -0.2) is 11.1 Å². The van der Waals surface area contributed by atoms with Gasteiger partial charge in [0.2, 0.25) is 0 Å². The van der Waals surface area contributed by atoms with Gasteiger partial charge in [-0.1, -0.05) is 38.3 Å². The van der Waals surface area contributed by atoms with Crippen molar-refractivity contribution in [2.24, 2.45) is 5.92 Å². The highest BCUT2D eigenvalue weighted by Crippen LogP contribution is 2.28. The van der Waals surface area contributed by atoms with Crippen molar-refractivity contribution in [3.8, 4) is 5.75 Å². The maximum absolute atomic E-state index is 9.84. The van der Waals surface area contributed by atoms with E-state index < -0.39 is 0 Å². The molecule has 2 N–H and O–H groups in total. The minimum atomic E-state index is 0.438. The second kappa shape index (κ2) is 7.12. The molecule has 1 saturated carbocycles. The maximum Gasteiger partial charge on any atom is 0.121 e. The zero-order valence-electron chi connectivity index (χ0n) is 13.2. The highest BCUT2D eigenvalue weighted by molar-refractivity contribution is 5.42. The van der Waals surface area contributed by atoms with E-state index in [2.05, 4.69) is 24.4 Å². The Hall–Kier alpha value is -1.02. The van der Waals surface area contributed by atoms with E-state index in [4.69, 9.17) is 0 Å². The van der Waals surface area contributed by atoms with Gasteiger partial charge in [-0.15, -0.1) is 0 Å². The van der Waals surface area contributed by atoms with E-state index in [0.29, 0.717) is 11.8 Å². The third kappa shape index (κ3) is 3.76.